The first-order valence-corrected chi connectivity index (χ1v) is 9.35. The standard InChI is InChI=1S/C20H26Cl2N2O2/c1-24(2)11-5-10-23-13-16-6-4-7-19(25-3)20(16)26-14-15-8-9-17(21)18(22)12-15/h4,6-9,12,23H,5,10-11,13-14H2,1-3H3. The van der Waals surface area contributed by atoms with Crippen molar-refractivity contribution in [3.8, 4) is 11.5 Å². The summed E-state index contributed by atoms with van der Waals surface area (Å²) in [6.45, 7) is 3.12. The third kappa shape index (κ3) is 6.36. The zero-order valence-electron chi connectivity index (χ0n) is 15.5. The molecule has 0 aliphatic heterocycles. The lowest BCUT2D eigenvalue weighted by Gasteiger charge is -2.16. The predicted octanol–water partition coefficient (Wildman–Crippen LogP) is 4.62. The fraction of sp³-hybridized carbons (Fsp3) is 0.400. The van der Waals surface area contributed by atoms with Gasteiger partial charge in [-0.25, -0.2) is 0 Å². The number of ether oxygens (including phenoxy) is 2. The Morgan fingerprint density at radius 3 is 2.58 bits per heavy atom. The fourth-order valence-corrected chi connectivity index (χ4v) is 2.87. The van der Waals surface area contributed by atoms with E-state index in [1.54, 1.807) is 13.2 Å². The highest BCUT2D eigenvalue weighted by Crippen LogP contribution is 2.32. The van der Waals surface area contributed by atoms with Crippen LogP contribution in [0.15, 0.2) is 36.4 Å². The van der Waals surface area contributed by atoms with Gasteiger partial charge in [-0.05, 0) is 57.4 Å². The number of benzene rings is 2. The van der Waals surface area contributed by atoms with E-state index in [2.05, 4.69) is 24.3 Å². The van der Waals surface area contributed by atoms with Crippen LogP contribution in [0.25, 0.3) is 0 Å². The molecular formula is C20H26Cl2N2O2. The van der Waals surface area contributed by atoms with Gasteiger partial charge in [0.2, 0.25) is 0 Å². The Kier molecular flexibility index (Phi) is 8.52. The highest BCUT2D eigenvalue weighted by molar-refractivity contribution is 6.42. The molecule has 0 aliphatic rings. The third-order valence-corrected chi connectivity index (χ3v) is 4.66. The number of methoxy groups -OCH3 is 1. The zero-order chi connectivity index (χ0) is 18.9. The summed E-state index contributed by atoms with van der Waals surface area (Å²) in [7, 11) is 5.81. The molecule has 0 amide bonds. The van der Waals surface area contributed by atoms with Crippen molar-refractivity contribution in [2.45, 2.75) is 19.6 Å². The van der Waals surface area contributed by atoms with E-state index in [0.29, 0.717) is 16.7 Å². The summed E-state index contributed by atoms with van der Waals surface area (Å²) in [5.41, 5.74) is 2.02. The highest BCUT2D eigenvalue weighted by Gasteiger charge is 2.11. The summed E-state index contributed by atoms with van der Waals surface area (Å²) >= 11 is 12.0. The minimum atomic E-state index is 0.394. The van der Waals surface area contributed by atoms with Crippen LogP contribution in [0, 0.1) is 0 Å². The SMILES string of the molecule is COc1cccc(CNCCCN(C)C)c1OCc1ccc(Cl)c(Cl)c1. The second-order valence-corrected chi connectivity index (χ2v) is 7.13. The number of para-hydroxylation sites is 1. The van der Waals surface area contributed by atoms with Crippen LogP contribution in [0.3, 0.4) is 0 Å². The molecule has 0 bridgehead atoms. The summed E-state index contributed by atoms with van der Waals surface area (Å²) < 4.78 is 11.5. The topological polar surface area (TPSA) is 33.7 Å². The Morgan fingerprint density at radius 1 is 1.08 bits per heavy atom. The first kappa shape index (κ1) is 20.8. The largest absolute Gasteiger partial charge is 0.493 e. The minimum absolute atomic E-state index is 0.394. The molecule has 0 aliphatic carbocycles. The monoisotopic (exact) mass is 396 g/mol. The van der Waals surface area contributed by atoms with Gasteiger partial charge in [0.25, 0.3) is 0 Å². The molecule has 142 valence electrons. The number of hydrogen-bond donors (Lipinski definition) is 1. The van der Waals surface area contributed by atoms with Crippen molar-refractivity contribution in [1.82, 2.24) is 10.2 Å². The molecule has 2 rings (SSSR count). The first-order chi connectivity index (χ1) is 12.5. The number of hydrogen-bond acceptors (Lipinski definition) is 4. The van der Waals surface area contributed by atoms with Crippen LogP contribution in [0.1, 0.15) is 17.5 Å². The van der Waals surface area contributed by atoms with E-state index in [0.717, 1.165) is 48.7 Å². The first-order valence-electron chi connectivity index (χ1n) is 8.59. The van der Waals surface area contributed by atoms with Crippen LogP contribution in [-0.2, 0) is 13.2 Å². The van der Waals surface area contributed by atoms with Gasteiger partial charge in [-0.2, -0.15) is 0 Å². The van der Waals surface area contributed by atoms with E-state index in [9.17, 15) is 0 Å². The van der Waals surface area contributed by atoms with Crippen LogP contribution >= 0.6 is 23.2 Å². The van der Waals surface area contributed by atoms with E-state index < -0.39 is 0 Å². The molecule has 6 heteroatoms. The molecular weight excluding hydrogens is 371 g/mol. The minimum Gasteiger partial charge on any atom is -0.493 e. The average molecular weight is 397 g/mol. The molecule has 0 spiro atoms. The summed E-state index contributed by atoms with van der Waals surface area (Å²) in [4.78, 5) is 2.18. The lowest BCUT2D eigenvalue weighted by molar-refractivity contribution is 0.280. The van der Waals surface area contributed by atoms with Crippen LogP contribution in [0.2, 0.25) is 10.0 Å². The van der Waals surface area contributed by atoms with Crippen molar-refractivity contribution >= 4 is 23.2 Å². The molecule has 0 unspecified atom stereocenters. The Hall–Kier alpha value is -1.46. The summed E-state index contributed by atoms with van der Waals surface area (Å²) in [5.74, 6) is 1.47. The maximum absolute atomic E-state index is 6.08. The molecule has 1 N–H and O–H groups in total. The second kappa shape index (κ2) is 10.6. The molecule has 0 radical (unpaired) electrons. The van der Waals surface area contributed by atoms with Crippen molar-refractivity contribution in [3.63, 3.8) is 0 Å². The molecule has 0 fully saturated rings. The Bertz CT molecular complexity index is 708. The lowest BCUT2D eigenvalue weighted by Crippen LogP contribution is -2.21. The van der Waals surface area contributed by atoms with Gasteiger partial charge in [-0.15, -0.1) is 0 Å². The van der Waals surface area contributed by atoms with Gasteiger partial charge >= 0.3 is 0 Å². The maximum atomic E-state index is 6.08. The molecule has 2 aromatic carbocycles. The van der Waals surface area contributed by atoms with Gasteiger partial charge in [-0.1, -0.05) is 41.4 Å². The van der Waals surface area contributed by atoms with Gasteiger partial charge < -0.3 is 19.7 Å². The summed E-state index contributed by atoms with van der Waals surface area (Å²) in [6.07, 6.45) is 1.09. The van der Waals surface area contributed by atoms with Gasteiger partial charge in [0.15, 0.2) is 11.5 Å². The Balaban J connectivity index is 2.01. The van der Waals surface area contributed by atoms with Gasteiger partial charge in [0.05, 0.1) is 17.2 Å². The third-order valence-electron chi connectivity index (χ3n) is 3.92. The van der Waals surface area contributed by atoms with Crippen molar-refractivity contribution in [2.24, 2.45) is 0 Å². The summed E-state index contributed by atoms with van der Waals surface area (Å²) in [5, 5.41) is 4.52. The quantitative estimate of drug-likeness (QED) is 0.593. The van der Waals surface area contributed by atoms with Crippen LogP contribution in [0.5, 0.6) is 11.5 Å². The molecule has 0 saturated heterocycles. The fourth-order valence-electron chi connectivity index (χ4n) is 2.55. The van der Waals surface area contributed by atoms with E-state index in [1.165, 1.54) is 0 Å². The normalized spacial score (nSPS) is 11.0. The molecule has 0 heterocycles. The molecule has 2 aromatic rings. The molecule has 4 nitrogen and oxygen atoms in total. The van der Waals surface area contributed by atoms with Crippen molar-refractivity contribution in [1.29, 1.82) is 0 Å². The summed E-state index contributed by atoms with van der Waals surface area (Å²) in [6, 6.07) is 11.4. The maximum Gasteiger partial charge on any atom is 0.166 e. The zero-order valence-corrected chi connectivity index (χ0v) is 17.0. The van der Waals surface area contributed by atoms with Crippen LogP contribution in [-0.4, -0.2) is 39.2 Å². The van der Waals surface area contributed by atoms with Crippen LogP contribution < -0.4 is 14.8 Å². The van der Waals surface area contributed by atoms with Gasteiger partial charge in [-0.3, -0.25) is 0 Å². The van der Waals surface area contributed by atoms with Crippen molar-refractivity contribution in [3.05, 3.63) is 57.6 Å². The molecule has 0 atom stereocenters. The Labute approximate surface area is 166 Å². The second-order valence-electron chi connectivity index (χ2n) is 6.32. The van der Waals surface area contributed by atoms with E-state index in [4.69, 9.17) is 32.7 Å². The molecule has 0 saturated carbocycles. The lowest BCUT2D eigenvalue weighted by atomic mass is 10.1. The van der Waals surface area contributed by atoms with Gasteiger partial charge in [0.1, 0.15) is 6.61 Å². The number of halogens is 2. The smallest absolute Gasteiger partial charge is 0.166 e. The van der Waals surface area contributed by atoms with E-state index in [-0.39, 0.29) is 0 Å². The number of nitrogens with one attached hydrogen (secondary N) is 1. The molecule has 26 heavy (non-hydrogen) atoms. The van der Waals surface area contributed by atoms with Crippen LogP contribution in [0.4, 0.5) is 0 Å². The van der Waals surface area contributed by atoms with Crippen molar-refractivity contribution < 1.29 is 9.47 Å². The average Bonchev–Trinajstić information content (AvgIpc) is 2.62. The number of nitrogens with zero attached hydrogens (tertiary/aromatic N) is 1. The highest BCUT2D eigenvalue weighted by atomic mass is 35.5. The Morgan fingerprint density at radius 2 is 1.88 bits per heavy atom. The predicted molar refractivity (Wildman–Crippen MR) is 109 cm³/mol. The molecule has 0 aromatic heterocycles. The van der Waals surface area contributed by atoms with Gasteiger partial charge in [0, 0.05) is 12.1 Å². The van der Waals surface area contributed by atoms with Crippen molar-refractivity contribution in [2.75, 3.05) is 34.3 Å². The van der Waals surface area contributed by atoms with E-state index >= 15 is 0 Å². The number of rotatable bonds is 10. The van der Waals surface area contributed by atoms with E-state index in [1.807, 2.05) is 30.3 Å².